The molecule has 88 valence electrons. The number of nitrogens with zero attached hydrogens (tertiary/aromatic N) is 1. The SMILES string of the molecule is CCC(CC)CC(=O)c1ccnc(CN)c1. The second kappa shape index (κ2) is 6.38. The molecular weight excluding hydrogens is 200 g/mol. The number of hydrogen-bond donors (Lipinski definition) is 1. The molecule has 2 N–H and O–H groups in total. The minimum Gasteiger partial charge on any atom is -0.325 e. The normalized spacial score (nSPS) is 10.8. The second-order valence-electron chi connectivity index (χ2n) is 4.05. The molecule has 3 heteroatoms. The van der Waals surface area contributed by atoms with Crippen molar-refractivity contribution in [1.29, 1.82) is 0 Å². The number of aromatic nitrogens is 1. The monoisotopic (exact) mass is 220 g/mol. The van der Waals surface area contributed by atoms with Crippen LogP contribution in [0.25, 0.3) is 0 Å². The van der Waals surface area contributed by atoms with Crippen molar-refractivity contribution in [3.63, 3.8) is 0 Å². The Morgan fingerprint density at radius 1 is 1.44 bits per heavy atom. The summed E-state index contributed by atoms with van der Waals surface area (Å²) >= 11 is 0. The molecular formula is C13H20N2O. The van der Waals surface area contributed by atoms with Crippen molar-refractivity contribution < 1.29 is 4.79 Å². The van der Waals surface area contributed by atoms with Crippen molar-refractivity contribution in [3.05, 3.63) is 29.6 Å². The van der Waals surface area contributed by atoms with Gasteiger partial charge in [0.2, 0.25) is 0 Å². The molecule has 0 aliphatic heterocycles. The molecule has 1 heterocycles. The Labute approximate surface area is 97.1 Å². The summed E-state index contributed by atoms with van der Waals surface area (Å²) in [4.78, 5) is 16.1. The Kier molecular flexibility index (Phi) is 5.12. The van der Waals surface area contributed by atoms with Crippen LogP contribution in [0.4, 0.5) is 0 Å². The minimum atomic E-state index is 0.200. The highest BCUT2D eigenvalue weighted by Crippen LogP contribution is 2.16. The predicted octanol–water partition coefficient (Wildman–Crippen LogP) is 2.55. The molecule has 0 aliphatic rings. The number of Topliss-reactive ketones (excluding diaryl/α,β-unsaturated/α-hetero) is 1. The highest BCUT2D eigenvalue weighted by molar-refractivity contribution is 5.96. The summed E-state index contributed by atoms with van der Waals surface area (Å²) in [5, 5.41) is 0. The molecule has 0 aromatic carbocycles. The van der Waals surface area contributed by atoms with Gasteiger partial charge in [-0.15, -0.1) is 0 Å². The first kappa shape index (κ1) is 12.8. The van der Waals surface area contributed by atoms with Crippen molar-refractivity contribution in [1.82, 2.24) is 4.98 Å². The van der Waals surface area contributed by atoms with E-state index >= 15 is 0 Å². The van der Waals surface area contributed by atoms with Gasteiger partial charge < -0.3 is 5.73 Å². The topological polar surface area (TPSA) is 56.0 Å². The predicted molar refractivity (Wildman–Crippen MR) is 65.1 cm³/mol. The highest BCUT2D eigenvalue weighted by atomic mass is 16.1. The van der Waals surface area contributed by atoms with Crippen LogP contribution in [0.5, 0.6) is 0 Å². The van der Waals surface area contributed by atoms with Crippen LogP contribution in [0.1, 0.15) is 49.2 Å². The maximum absolute atomic E-state index is 12.0. The third kappa shape index (κ3) is 3.42. The van der Waals surface area contributed by atoms with Crippen molar-refractivity contribution in [2.24, 2.45) is 11.7 Å². The zero-order valence-electron chi connectivity index (χ0n) is 10.1. The first-order valence-electron chi connectivity index (χ1n) is 5.89. The van der Waals surface area contributed by atoms with Gasteiger partial charge in [0.1, 0.15) is 0 Å². The molecule has 0 amide bonds. The van der Waals surface area contributed by atoms with Crippen LogP contribution in [0.15, 0.2) is 18.3 Å². The maximum atomic E-state index is 12.0. The summed E-state index contributed by atoms with van der Waals surface area (Å²) in [6, 6.07) is 3.56. The van der Waals surface area contributed by atoms with Gasteiger partial charge in [0.15, 0.2) is 5.78 Å². The van der Waals surface area contributed by atoms with Crippen molar-refractivity contribution in [2.75, 3.05) is 0 Å². The molecule has 16 heavy (non-hydrogen) atoms. The molecule has 1 aromatic heterocycles. The van der Waals surface area contributed by atoms with Gasteiger partial charge in [0.25, 0.3) is 0 Å². The van der Waals surface area contributed by atoms with E-state index in [9.17, 15) is 4.79 Å². The first-order chi connectivity index (χ1) is 7.71. The van der Waals surface area contributed by atoms with Gasteiger partial charge >= 0.3 is 0 Å². The van der Waals surface area contributed by atoms with Crippen LogP contribution < -0.4 is 5.73 Å². The third-order valence-electron chi connectivity index (χ3n) is 2.98. The molecule has 3 nitrogen and oxygen atoms in total. The van der Waals surface area contributed by atoms with Gasteiger partial charge in [-0.3, -0.25) is 9.78 Å². The van der Waals surface area contributed by atoms with Gasteiger partial charge in [0.05, 0.1) is 5.69 Å². The van der Waals surface area contributed by atoms with Crippen LogP contribution in [0, 0.1) is 5.92 Å². The van der Waals surface area contributed by atoms with Crippen LogP contribution in [0.2, 0.25) is 0 Å². The Morgan fingerprint density at radius 3 is 2.69 bits per heavy atom. The van der Waals surface area contributed by atoms with E-state index in [4.69, 9.17) is 5.73 Å². The Hall–Kier alpha value is -1.22. The number of ketones is 1. The quantitative estimate of drug-likeness (QED) is 0.749. The van der Waals surface area contributed by atoms with E-state index in [1.165, 1.54) is 0 Å². The fourth-order valence-corrected chi connectivity index (χ4v) is 1.72. The van der Waals surface area contributed by atoms with E-state index in [2.05, 4.69) is 18.8 Å². The standard InChI is InChI=1S/C13H20N2O/c1-3-10(4-2)7-13(16)11-5-6-15-12(8-11)9-14/h5-6,8,10H,3-4,7,9,14H2,1-2H3. The lowest BCUT2D eigenvalue weighted by molar-refractivity contribution is 0.0958. The van der Waals surface area contributed by atoms with Crippen LogP contribution in [-0.4, -0.2) is 10.8 Å². The fourth-order valence-electron chi connectivity index (χ4n) is 1.72. The highest BCUT2D eigenvalue weighted by Gasteiger charge is 2.12. The third-order valence-corrected chi connectivity index (χ3v) is 2.98. The minimum absolute atomic E-state index is 0.200. The number of pyridine rings is 1. The van der Waals surface area contributed by atoms with E-state index in [1.54, 1.807) is 18.3 Å². The average Bonchev–Trinajstić information content (AvgIpc) is 2.35. The number of rotatable bonds is 6. The van der Waals surface area contributed by atoms with Gasteiger partial charge in [0, 0.05) is 24.7 Å². The zero-order chi connectivity index (χ0) is 12.0. The van der Waals surface area contributed by atoms with Gasteiger partial charge in [-0.1, -0.05) is 26.7 Å². The Balaban J connectivity index is 2.72. The summed E-state index contributed by atoms with van der Waals surface area (Å²) in [6.07, 6.45) is 4.39. The van der Waals surface area contributed by atoms with Gasteiger partial charge in [-0.05, 0) is 18.1 Å². The fraction of sp³-hybridized carbons (Fsp3) is 0.538. The van der Waals surface area contributed by atoms with Crippen LogP contribution in [0.3, 0.4) is 0 Å². The summed E-state index contributed by atoms with van der Waals surface area (Å²) in [6.45, 7) is 4.63. The average molecular weight is 220 g/mol. The van der Waals surface area contributed by atoms with E-state index in [1.807, 2.05) is 0 Å². The molecule has 0 spiro atoms. The number of nitrogens with two attached hydrogens (primary N) is 1. The van der Waals surface area contributed by atoms with Gasteiger partial charge in [-0.25, -0.2) is 0 Å². The largest absolute Gasteiger partial charge is 0.325 e. The van der Waals surface area contributed by atoms with E-state index in [0.29, 0.717) is 18.9 Å². The molecule has 0 saturated heterocycles. The summed E-state index contributed by atoms with van der Waals surface area (Å²) in [7, 11) is 0. The Bertz CT molecular complexity index is 346. The van der Waals surface area contributed by atoms with E-state index in [-0.39, 0.29) is 5.78 Å². The smallest absolute Gasteiger partial charge is 0.163 e. The number of carbonyl (C=O) groups excluding carboxylic acids is 1. The van der Waals surface area contributed by atoms with Crippen LogP contribution >= 0.6 is 0 Å². The molecule has 0 fully saturated rings. The van der Waals surface area contributed by atoms with Crippen LogP contribution in [-0.2, 0) is 6.54 Å². The lowest BCUT2D eigenvalue weighted by atomic mass is 9.94. The molecule has 0 radical (unpaired) electrons. The molecule has 0 saturated carbocycles. The van der Waals surface area contributed by atoms with E-state index in [0.717, 1.165) is 24.1 Å². The summed E-state index contributed by atoms with van der Waals surface area (Å²) in [5.41, 5.74) is 7.01. The lowest BCUT2D eigenvalue weighted by Gasteiger charge is -2.11. The zero-order valence-corrected chi connectivity index (χ0v) is 10.1. The second-order valence-corrected chi connectivity index (χ2v) is 4.05. The van der Waals surface area contributed by atoms with Crippen molar-refractivity contribution in [3.8, 4) is 0 Å². The Morgan fingerprint density at radius 2 is 2.12 bits per heavy atom. The van der Waals surface area contributed by atoms with Crippen molar-refractivity contribution in [2.45, 2.75) is 39.7 Å². The van der Waals surface area contributed by atoms with Crippen molar-refractivity contribution >= 4 is 5.78 Å². The molecule has 0 bridgehead atoms. The summed E-state index contributed by atoms with van der Waals surface area (Å²) in [5.74, 6) is 0.688. The molecule has 1 aromatic rings. The maximum Gasteiger partial charge on any atom is 0.163 e. The van der Waals surface area contributed by atoms with E-state index < -0.39 is 0 Å². The number of carbonyl (C=O) groups is 1. The molecule has 0 unspecified atom stereocenters. The molecule has 0 atom stereocenters. The summed E-state index contributed by atoms with van der Waals surface area (Å²) < 4.78 is 0. The number of hydrogen-bond acceptors (Lipinski definition) is 3. The first-order valence-corrected chi connectivity index (χ1v) is 5.89. The molecule has 1 rings (SSSR count). The van der Waals surface area contributed by atoms with Gasteiger partial charge in [-0.2, -0.15) is 0 Å². The lowest BCUT2D eigenvalue weighted by Crippen LogP contribution is -2.09. The molecule has 0 aliphatic carbocycles.